The van der Waals surface area contributed by atoms with Crippen molar-refractivity contribution < 1.29 is 18.0 Å². The standard InChI is InChI=1S/C16H10F3NO/c17-16(18,19)15(21)20-14-10-8-13(9-11-14)7-6-12-4-2-1-3-5-12/h1-5,8-11H,(H,20,21). The van der Waals surface area contributed by atoms with Gasteiger partial charge in [-0.3, -0.25) is 4.79 Å². The molecule has 0 spiro atoms. The first-order chi connectivity index (χ1) is 9.95. The van der Waals surface area contributed by atoms with Gasteiger partial charge in [0.2, 0.25) is 0 Å². The van der Waals surface area contributed by atoms with Crippen LogP contribution in [-0.2, 0) is 4.79 Å². The molecule has 0 bridgehead atoms. The second kappa shape index (κ2) is 6.14. The maximum absolute atomic E-state index is 12.1. The monoisotopic (exact) mass is 289 g/mol. The Bertz CT molecular complexity index is 679. The normalized spacial score (nSPS) is 10.4. The molecule has 0 fully saturated rings. The van der Waals surface area contributed by atoms with E-state index in [4.69, 9.17) is 0 Å². The molecule has 0 saturated heterocycles. The van der Waals surface area contributed by atoms with Gasteiger partial charge in [0.1, 0.15) is 0 Å². The van der Waals surface area contributed by atoms with E-state index in [0.29, 0.717) is 5.56 Å². The summed E-state index contributed by atoms with van der Waals surface area (Å²) in [6.45, 7) is 0. The molecule has 0 heterocycles. The highest BCUT2D eigenvalue weighted by atomic mass is 19.4. The second-order valence-electron chi connectivity index (χ2n) is 4.15. The van der Waals surface area contributed by atoms with Gasteiger partial charge in [0.15, 0.2) is 0 Å². The summed E-state index contributed by atoms with van der Waals surface area (Å²) in [5.74, 6) is 3.82. The van der Waals surface area contributed by atoms with Crippen molar-refractivity contribution in [3.8, 4) is 11.8 Å². The molecule has 0 aromatic heterocycles. The molecule has 2 aromatic rings. The number of hydrogen-bond acceptors (Lipinski definition) is 1. The molecule has 0 aliphatic heterocycles. The van der Waals surface area contributed by atoms with Crippen molar-refractivity contribution in [2.75, 3.05) is 5.32 Å². The maximum Gasteiger partial charge on any atom is 0.471 e. The zero-order valence-corrected chi connectivity index (χ0v) is 10.7. The van der Waals surface area contributed by atoms with Crippen LogP contribution in [-0.4, -0.2) is 12.1 Å². The molecule has 0 aliphatic carbocycles. The predicted octanol–water partition coefficient (Wildman–Crippen LogP) is 3.59. The van der Waals surface area contributed by atoms with E-state index in [1.807, 2.05) is 30.3 Å². The van der Waals surface area contributed by atoms with Gasteiger partial charge in [0.05, 0.1) is 0 Å². The summed E-state index contributed by atoms with van der Waals surface area (Å²) in [5.41, 5.74) is 1.55. The lowest BCUT2D eigenvalue weighted by molar-refractivity contribution is -0.167. The van der Waals surface area contributed by atoms with Crippen molar-refractivity contribution in [3.05, 3.63) is 65.7 Å². The van der Waals surface area contributed by atoms with E-state index in [0.717, 1.165) is 5.56 Å². The van der Waals surface area contributed by atoms with Crippen LogP contribution in [0.4, 0.5) is 18.9 Å². The van der Waals surface area contributed by atoms with Crippen LogP contribution in [0.25, 0.3) is 0 Å². The summed E-state index contributed by atoms with van der Waals surface area (Å²) in [6.07, 6.45) is -4.90. The fourth-order valence-corrected chi connectivity index (χ4v) is 1.50. The zero-order chi connectivity index (χ0) is 15.3. The summed E-state index contributed by atoms with van der Waals surface area (Å²) in [6, 6.07) is 15.1. The fraction of sp³-hybridized carbons (Fsp3) is 0.0625. The van der Waals surface area contributed by atoms with Crippen molar-refractivity contribution >= 4 is 11.6 Å². The molecule has 0 atom stereocenters. The first kappa shape index (κ1) is 14.7. The van der Waals surface area contributed by atoms with Crippen molar-refractivity contribution in [1.29, 1.82) is 0 Å². The molecular weight excluding hydrogens is 279 g/mol. The Hall–Kier alpha value is -2.74. The molecule has 0 unspecified atom stereocenters. The Kier molecular flexibility index (Phi) is 4.29. The van der Waals surface area contributed by atoms with Crippen LogP contribution >= 0.6 is 0 Å². The number of benzene rings is 2. The minimum atomic E-state index is -4.90. The van der Waals surface area contributed by atoms with Crippen molar-refractivity contribution in [1.82, 2.24) is 0 Å². The van der Waals surface area contributed by atoms with E-state index < -0.39 is 12.1 Å². The van der Waals surface area contributed by atoms with Crippen molar-refractivity contribution in [2.24, 2.45) is 0 Å². The molecule has 2 aromatic carbocycles. The van der Waals surface area contributed by atoms with Gasteiger partial charge in [-0.2, -0.15) is 13.2 Å². The third kappa shape index (κ3) is 4.39. The fourth-order valence-electron chi connectivity index (χ4n) is 1.50. The summed E-state index contributed by atoms with van der Waals surface area (Å²) < 4.78 is 36.3. The number of anilines is 1. The Labute approximate surface area is 119 Å². The van der Waals surface area contributed by atoms with E-state index in [2.05, 4.69) is 11.8 Å². The van der Waals surface area contributed by atoms with Crippen LogP contribution in [0.15, 0.2) is 54.6 Å². The molecule has 2 nitrogen and oxygen atoms in total. The Morgan fingerprint density at radius 1 is 0.857 bits per heavy atom. The van der Waals surface area contributed by atoms with E-state index in [1.54, 1.807) is 17.4 Å². The molecule has 106 valence electrons. The highest BCUT2D eigenvalue weighted by Gasteiger charge is 2.38. The van der Waals surface area contributed by atoms with Crippen LogP contribution in [0.3, 0.4) is 0 Å². The topological polar surface area (TPSA) is 29.1 Å². The molecule has 21 heavy (non-hydrogen) atoms. The molecule has 2 rings (SSSR count). The van der Waals surface area contributed by atoms with Crippen LogP contribution < -0.4 is 5.32 Å². The van der Waals surface area contributed by atoms with Crippen molar-refractivity contribution in [2.45, 2.75) is 6.18 Å². The van der Waals surface area contributed by atoms with Gasteiger partial charge in [0.25, 0.3) is 0 Å². The summed E-state index contributed by atoms with van der Waals surface area (Å²) in [5, 5.41) is 1.77. The van der Waals surface area contributed by atoms with E-state index in [9.17, 15) is 18.0 Å². The van der Waals surface area contributed by atoms with Gasteiger partial charge < -0.3 is 5.32 Å². The number of halogens is 3. The predicted molar refractivity (Wildman–Crippen MR) is 73.5 cm³/mol. The van der Waals surface area contributed by atoms with Gasteiger partial charge in [0, 0.05) is 16.8 Å². The van der Waals surface area contributed by atoms with E-state index in [-0.39, 0.29) is 5.69 Å². The molecular formula is C16H10F3NO. The number of nitrogens with one attached hydrogen (secondary N) is 1. The third-order valence-corrected chi connectivity index (χ3v) is 2.53. The average Bonchev–Trinajstić information content (AvgIpc) is 2.46. The lowest BCUT2D eigenvalue weighted by atomic mass is 10.1. The van der Waals surface area contributed by atoms with E-state index >= 15 is 0 Å². The quantitative estimate of drug-likeness (QED) is 0.799. The third-order valence-electron chi connectivity index (χ3n) is 2.53. The molecule has 1 amide bonds. The van der Waals surface area contributed by atoms with Crippen molar-refractivity contribution in [3.63, 3.8) is 0 Å². The smallest absolute Gasteiger partial charge is 0.318 e. The second-order valence-corrected chi connectivity index (χ2v) is 4.15. The van der Waals surface area contributed by atoms with E-state index in [1.165, 1.54) is 12.1 Å². The van der Waals surface area contributed by atoms with Gasteiger partial charge in [-0.15, -0.1) is 0 Å². The number of carbonyl (C=O) groups is 1. The summed E-state index contributed by atoms with van der Waals surface area (Å²) in [4.78, 5) is 10.8. The minimum absolute atomic E-state index is 0.0718. The number of rotatable bonds is 1. The Morgan fingerprint density at radius 3 is 1.90 bits per heavy atom. The van der Waals surface area contributed by atoms with Crippen LogP contribution in [0.5, 0.6) is 0 Å². The zero-order valence-electron chi connectivity index (χ0n) is 10.7. The minimum Gasteiger partial charge on any atom is -0.318 e. The Balaban J connectivity index is 2.07. The highest BCUT2D eigenvalue weighted by Crippen LogP contribution is 2.18. The number of carbonyl (C=O) groups excluding carboxylic acids is 1. The van der Waals surface area contributed by atoms with Gasteiger partial charge >= 0.3 is 12.1 Å². The number of hydrogen-bond donors (Lipinski definition) is 1. The van der Waals surface area contributed by atoms with Gasteiger partial charge in [-0.05, 0) is 36.4 Å². The molecule has 1 N–H and O–H groups in total. The molecule has 5 heteroatoms. The van der Waals surface area contributed by atoms with Gasteiger partial charge in [-0.25, -0.2) is 0 Å². The molecule has 0 radical (unpaired) electrons. The highest BCUT2D eigenvalue weighted by molar-refractivity contribution is 5.94. The van der Waals surface area contributed by atoms with Gasteiger partial charge in [-0.1, -0.05) is 30.0 Å². The molecule has 0 saturated carbocycles. The lowest BCUT2D eigenvalue weighted by Gasteiger charge is -2.07. The number of alkyl halides is 3. The first-order valence-corrected chi connectivity index (χ1v) is 6.00. The average molecular weight is 289 g/mol. The Morgan fingerprint density at radius 2 is 1.38 bits per heavy atom. The maximum atomic E-state index is 12.1. The number of amides is 1. The lowest BCUT2D eigenvalue weighted by Crippen LogP contribution is -2.29. The molecule has 0 aliphatic rings. The first-order valence-electron chi connectivity index (χ1n) is 6.00. The van der Waals surface area contributed by atoms with Crippen LogP contribution in [0, 0.1) is 11.8 Å². The SMILES string of the molecule is O=C(Nc1ccc(C#Cc2ccccc2)cc1)C(F)(F)F. The summed E-state index contributed by atoms with van der Waals surface area (Å²) >= 11 is 0. The summed E-state index contributed by atoms with van der Waals surface area (Å²) in [7, 11) is 0. The largest absolute Gasteiger partial charge is 0.471 e. The van der Waals surface area contributed by atoms with Crippen LogP contribution in [0.2, 0.25) is 0 Å². The van der Waals surface area contributed by atoms with Crippen LogP contribution in [0.1, 0.15) is 11.1 Å².